The third kappa shape index (κ3) is 5.80. The molecule has 3 aromatic carbocycles. The van der Waals surface area contributed by atoms with E-state index in [1.54, 1.807) is 0 Å². The molecule has 0 bridgehead atoms. The molecule has 0 aliphatic carbocycles. The number of ether oxygens (including phenoxy) is 1. The SMILES string of the molecule is Cc1ccc(C)c(NC(=S)NNC(=O)COc2ccccc2-c2ccccc2)c1. The number of hydrogen-bond acceptors (Lipinski definition) is 3. The summed E-state index contributed by atoms with van der Waals surface area (Å²) in [6, 6.07) is 23.5. The van der Waals surface area contributed by atoms with Gasteiger partial charge in [0.25, 0.3) is 5.91 Å². The molecule has 0 aliphatic rings. The van der Waals surface area contributed by atoms with Crippen LogP contribution in [0.1, 0.15) is 11.1 Å². The maximum Gasteiger partial charge on any atom is 0.276 e. The highest BCUT2D eigenvalue weighted by molar-refractivity contribution is 7.80. The molecule has 3 rings (SSSR count). The minimum Gasteiger partial charge on any atom is -0.483 e. The molecule has 0 radical (unpaired) electrons. The molecule has 3 N–H and O–H groups in total. The second kappa shape index (κ2) is 9.71. The van der Waals surface area contributed by atoms with Gasteiger partial charge < -0.3 is 10.1 Å². The standard InChI is InChI=1S/C23H23N3O2S/c1-16-12-13-17(2)20(14-16)24-23(29)26-25-22(27)15-28-21-11-7-6-10-19(21)18-8-4-3-5-9-18/h3-14H,15H2,1-2H3,(H,25,27)(H2,24,26,29). The summed E-state index contributed by atoms with van der Waals surface area (Å²) in [6.45, 7) is 3.86. The normalized spacial score (nSPS) is 10.1. The van der Waals surface area contributed by atoms with Crippen molar-refractivity contribution >= 4 is 28.9 Å². The van der Waals surface area contributed by atoms with Gasteiger partial charge in [-0.25, -0.2) is 0 Å². The molecule has 5 nitrogen and oxygen atoms in total. The molecule has 0 saturated heterocycles. The van der Waals surface area contributed by atoms with Crippen LogP contribution in [0.25, 0.3) is 11.1 Å². The number of para-hydroxylation sites is 1. The Balaban J connectivity index is 1.52. The zero-order valence-corrected chi connectivity index (χ0v) is 17.2. The number of rotatable bonds is 5. The maximum atomic E-state index is 12.2. The van der Waals surface area contributed by atoms with Gasteiger partial charge in [0.15, 0.2) is 11.7 Å². The van der Waals surface area contributed by atoms with E-state index >= 15 is 0 Å². The quantitative estimate of drug-likeness (QED) is 0.435. The Hall–Kier alpha value is -3.38. The number of hydrazine groups is 1. The van der Waals surface area contributed by atoms with E-state index in [1.165, 1.54) is 0 Å². The van der Waals surface area contributed by atoms with Crippen molar-refractivity contribution in [3.05, 3.63) is 83.9 Å². The number of anilines is 1. The van der Waals surface area contributed by atoms with Crippen LogP contribution in [0.3, 0.4) is 0 Å². The number of carbonyl (C=O) groups excluding carboxylic acids is 1. The Bertz CT molecular complexity index is 1010. The molecule has 6 heteroatoms. The van der Waals surface area contributed by atoms with Gasteiger partial charge in [0.1, 0.15) is 5.75 Å². The minimum absolute atomic E-state index is 0.136. The Morgan fingerprint density at radius 1 is 0.931 bits per heavy atom. The van der Waals surface area contributed by atoms with Crippen LogP contribution in [0.5, 0.6) is 5.75 Å². The van der Waals surface area contributed by atoms with E-state index in [0.29, 0.717) is 10.9 Å². The third-order valence-corrected chi connectivity index (χ3v) is 4.49. The Kier molecular flexibility index (Phi) is 6.81. The Labute approximate surface area is 176 Å². The largest absolute Gasteiger partial charge is 0.483 e. The number of nitrogens with one attached hydrogen (secondary N) is 3. The summed E-state index contributed by atoms with van der Waals surface area (Å²) in [5.41, 5.74) is 10.3. The first-order chi connectivity index (χ1) is 14.0. The number of benzene rings is 3. The van der Waals surface area contributed by atoms with Crippen LogP contribution in [0, 0.1) is 13.8 Å². The summed E-state index contributed by atoms with van der Waals surface area (Å²) in [5.74, 6) is 0.308. The average Bonchev–Trinajstić information content (AvgIpc) is 2.74. The highest BCUT2D eigenvalue weighted by Crippen LogP contribution is 2.29. The molecule has 0 aromatic heterocycles. The first kappa shape index (κ1) is 20.4. The lowest BCUT2D eigenvalue weighted by atomic mass is 10.1. The van der Waals surface area contributed by atoms with E-state index in [-0.39, 0.29) is 12.5 Å². The smallest absolute Gasteiger partial charge is 0.276 e. The molecule has 3 aromatic rings. The lowest BCUT2D eigenvalue weighted by molar-refractivity contribution is -0.123. The fraction of sp³-hybridized carbons (Fsp3) is 0.130. The molecule has 1 amide bonds. The van der Waals surface area contributed by atoms with Crippen molar-refractivity contribution < 1.29 is 9.53 Å². The maximum absolute atomic E-state index is 12.2. The van der Waals surface area contributed by atoms with Gasteiger partial charge >= 0.3 is 0 Å². The van der Waals surface area contributed by atoms with Gasteiger partial charge in [-0.2, -0.15) is 0 Å². The number of hydrogen-bond donors (Lipinski definition) is 3. The van der Waals surface area contributed by atoms with E-state index in [1.807, 2.05) is 86.6 Å². The molecule has 0 atom stereocenters. The number of aryl methyl sites for hydroxylation is 2. The average molecular weight is 406 g/mol. The van der Waals surface area contributed by atoms with Gasteiger partial charge in [-0.3, -0.25) is 15.6 Å². The lowest BCUT2D eigenvalue weighted by Crippen LogP contribution is -2.45. The zero-order chi connectivity index (χ0) is 20.6. The second-order valence-electron chi connectivity index (χ2n) is 6.60. The monoisotopic (exact) mass is 405 g/mol. The highest BCUT2D eigenvalue weighted by atomic mass is 32.1. The molecular formula is C23H23N3O2S. The van der Waals surface area contributed by atoms with Crippen LogP contribution in [0.2, 0.25) is 0 Å². The van der Waals surface area contributed by atoms with Gasteiger partial charge in [-0.1, -0.05) is 60.7 Å². The van der Waals surface area contributed by atoms with Crippen LogP contribution in [-0.2, 0) is 4.79 Å². The third-order valence-electron chi connectivity index (χ3n) is 4.29. The van der Waals surface area contributed by atoms with E-state index in [2.05, 4.69) is 16.2 Å². The van der Waals surface area contributed by atoms with Crippen LogP contribution in [0.15, 0.2) is 72.8 Å². The number of thiocarbonyl (C=S) groups is 1. The van der Waals surface area contributed by atoms with E-state index in [0.717, 1.165) is 27.9 Å². The molecule has 0 unspecified atom stereocenters. The summed E-state index contributed by atoms with van der Waals surface area (Å²) in [5, 5.41) is 3.38. The first-order valence-electron chi connectivity index (χ1n) is 9.23. The van der Waals surface area contributed by atoms with Gasteiger partial charge in [-0.05, 0) is 54.9 Å². The molecule has 0 saturated carbocycles. The summed E-state index contributed by atoms with van der Waals surface area (Å²) in [7, 11) is 0. The Morgan fingerprint density at radius 3 is 2.45 bits per heavy atom. The lowest BCUT2D eigenvalue weighted by Gasteiger charge is -2.15. The van der Waals surface area contributed by atoms with E-state index in [9.17, 15) is 4.79 Å². The highest BCUT2D eigenvalue weighted by Gasteiger charge is 2.09. The summed E-state index contributed by atoms with van der Waals surface area (Å²) in [4.78, 5) is 12.2. The summed E-state index contributed by atoms with van der Waals surface area (Å²) >= 11 is 5.24. The molecule has 0 heterocycles. The van der Waals surface area contributed by atoms with E-state index in [4.69, 9.17) is 17.0 Å². The summed E-state index contributed by atoms with van der Waals surface area (Å²) < 4.78 is 5.72. The first-order valence-corrected chi connectivity index (χ1v) is 9.64. The molecule has 148 valence electrons. The topological polar surface area (TPSA) is 62.4 Å². The summed E-state index contributed by atoms with van der Waals surface area (Å²) in [6.07, 6.45) is 0. The van der Waals surface area contributed by atoms with Crippen LogP contribution >= 0.6 is 12.2 Å². The van der Waals surface area contributed by atoms with E-state index < -0.39 is 0 Å². The van der Waals surface area contributed by atoms with Gasteiger partial charge in [0, 0.05) is 11.3 Å². The molecular weight excluding hydrogens is 382 g/mol. The van der Waals surface area contributed by atoms with Crippen LogP contribution in [-0.4, -0.2) is 17.6 Å². The fourth-order valence-corrected chi connectivity index (χ4v) is 2.94. The second-order valence-corrected chi connectivity index (χ2v) is 7.00. The number of amides is 1. The van der Waals surface area contributed by atoms with Crippen molar-refractivity contribution in [2.75, 3.05) is 11.9 Å². The van der Waals surface area contributed by atoms with Gasteiger partial charge in [-0.15, -0.1) is 0 Å². The predicted octanol–water partition coefficient (Wildman–Crippen LogP) is 4.37. The van der Waals surface area contributed by atoms with Gasteiger partial charge in [0.2, 0.25) is 0 Å². The van der Waals surface area contributed by atoms with Gasteiger partial charge in [0.05, 0.1) is 0 Å². The zero-order valence-electron chi connectivity index (χ0n) is 16.4. The Morgan fingerprint density at radius 2 is 1.66 bits per heavy atom. The van der Waals surface area contributed by atoms with Crippen molar-refractivity contribution in [3.63, 3.8) is 0 Å². The van der Waals surface area contributed by atoms with Crippen LogP contribution < -0.4 is 20.9 Å². The van der Waals surface area contributed by atoms with Crippen molar-refractivity contribution in [2.45, 2.75) is 13.8 Å². The molecule has 0 spiro atoms. The van der Waals surface area contributed by atoms with Crippen molar-refractivity contribution in [3.8, 4) is 16.9 Å². The number of carbonyl (C=O) groups is 1. The fourth-order valence-electron chi connectivity index (χ4n) is 2.78. The van der Waals surface area contributed by atoms with Crippen molar-refractivity contribution in [1.29, 1.82) is 0 Å². The molecule has 0 fully saturated rings. The van der Waals surface area contributed by atoms with Crippen molar-refractivity contribution in [2.24, 2.45) is 0 Å². The molecule has 29 heavy (non-hydrogen) atoms. The minimum atomic E-state index is -0.335. The predicted molar refractivity (Wildman–Crippen MR) is 121 cm³/mol. The molecule has 0 aliphatic heterocycles. The van der Waals surface area contributed by atoms with Crippen molar-refractivity contribution in [1.82, 2.24) is 10.9 Å². The van der Waals surface area contributed by atoms with Crippen LogP contribution in [0.4, 0.5) is 5.69 Å².